The Kier molecular flexibility index (Phi) is 5.98. The number of aryl methyl sites for hydroxylation is 1. The van der Waals surface area contributed by atoms with Gasteiger partial charge in [-0.3, -0.25) is 9.88 Å². The molecule has 5 aliphatic rings. The minimum absolute atomic E-state index is 0.199. The normalized spacial score (nSPS) is 27.8. The van der Waals surface area contributed by atoms with Gasteiger partial charge in [0.15, 0.2) is 17.6 Å². The summed E-state index contributed by atoms with van der Waals surface area (Å²) < 4.78 is 27.8. The molecule has 1 saturated carbocycles. The molecule has 1 N–H and O–H groups in total. The molecule has 1 aromatic heterocycles. The molecule has 0 unspecified atom stereocenters. The number of halogens is 1. The van der Waals surface area contributed by atoms with Gasteiger partial charge in [0.1, 0.15) is 11.4 Å². The molecule has 3 aliphatic carbocycles. The van der Waals surface area contributed by atoms with Gasteiger partial charge in [-0.1, -0.05) is 48.5 Å². The molecule has 1 spiro atoms. The fourth-order valence-corrected chi connectivity index (χ4v) is 9.05. The summed E-state index contributed by atoms with van der Waals surface area (Å²) in [5.74, 6) is 1.40. The Labute approximate surface area is 257 Å². The average Bonchev–Trinajstić information content (AvgIpc) is 3.79. The lowest BCUT2D eigenvalue weighted by Gasteiger charge is -2.64. The van der Waals surface area contributed by atoms with Crippen LogP contribution in [-0.4, -0.2) is 46.3 Å². The van der Waals surface area contributed by atoms with E-state index in [1.165, 1.54) is 36.1 Å². The van der Waals surface area contributed by atoms with Crippen LogP contribution in [0, 0.1) is 11.7 Å². The topological polar surface area (TPSA) is 54.8 Å². The number of nitrogens with zero attached hydrogens (tertiary/aromatic N) is 2. The van der Waals surface area contributed by atoms with E-state index in [1.807, 2.05) is 30.5 Å². The van der Waals surface area contributed by atoms with Crippen molar-refractivity contribution in [2.75, 3.05) is 19.7 Å². The highest BCUT2D eigenvalue weighted by Crippen LogP contribution is 2.69. The first-order valence-electron chi connectivity index (χ1n) is 16.2. The lowest BCUT2D eigenvalue weighted by atomic mass is 9.48. The number of hydrogen-bond acceptors (Lipinski definition) is 5. The summed E-state index contributed by atoms with van der Waals surface area (Å²) in [6, 6.07) is 23.7. The van der Waals surface area contributed by atoms with Crippen molar-refractivity contribution in [1.29, 1.82) is 0 Å². The van der Waals surface area contributed by atoms with Crippen LogP contribution < -0.4 is 4.74 Å². The number of phenols is 1. The number of piperidine rings is 1. The van der Waals surface area contributed by atoms with Crippen molar-refractivity contribution in [1.82, 2.24) is 9.88 Å². The molecular weight excluding hydrogens is 551 g/mol. The van der Waals surface area contributed by atoms with Gasteiger partial charge in [-0.2, -0.15) is 0 Å². The monoisotopic (exact) mass is 588 g/mol. The molecule has 4 aromatic rings. The summed E-state index contributed by atoms with van der Waals surface area (Å²) >= 11 is 0. The molecule has 2 bridgehead atoms. The zero-order valence-electron chi connectivity index (χ0n) is 24.8. The van der Waals surface area contributed by atoms with Crippen molar-refractivity contribution >= 4 is 0 Å². The van der Waals surface area contributed by atoms with E-state index in [2.05, 4.69) is 41.3 Å². The number of fused-ring (bicyclic) bond motifs is 2. The third-order valence-corrected chi connectivity index (χ3v) is 11.2. The second-order valence-electron chi connectivity index (χ2n) is 13.6. The maximum Gasteiger partial charge on any atom is 0.166 e. The number of rotatable bonds is 8. The number of pyridine rings is 1. The number of aromatic nitrogens is 1. The number of benzene rings is 3. The van der Waals surface area contributed by atoms with E-state index in [-0.39, 0.29) is 23.7 Å². The lowest BCUT2D eigenvalue weighted by Crippen LogP contribution is -2.75. The molecule has 9 rings (SSSR count). The first-order valence-corrected chi connectivity index (χ1v) is 16.2. The van der Waals surface area contributed by atoms with Crippen LogP contribution in [0.2, 0.25) is 0 Å². The summed E-state index contributed by atoms with van der Waals surface area (Å²) in [4.78, 5) is 7.86. The van der Waals surface area contributed by atoms with Gasteiger partial charge in [0.2, 0.25) is 0 Å². The van der Waals surface area contributed by atoms with Gasteiger partial charge >= 0.3 is 0 Å². The van der Waals surface area contributed by atoms with Crippen molar-refractivity contribution in [2.45, 2.75) is 68.1 Å². The maximum atomic E-state index is 13.5. The van der Waals surface area contributed by atoms with Crippen LogP contribution in [0.5, 0.6) is 11.5 Å². The highest BCUT2D eigenvalue weighted by Gasteiger charge is 2.73. The SMILES string of the molecule is Oc1ccc2c3c1O[C@H]1c4ncc(-c5ccccc5)cc4C[C@@]4(OCCCc5ccc(F)cc5)[C@@H](C2)N(CC2CC2)CC[C@]314. The number of ether oxygens (including phenoxy) is 2. The maximum absolute atomic E-state index is 13.5. The summed E-state index contributed by atoms with van der Waals surface area (Å²) in [5.41, 5.74) is 7.01. The fourth-order valence-electron chi connectivity index (χ4n) is 9.05. The van der Waals surface area contributed by atoms with E-state index < -0.39 is 11.0 Å². The van der Waals surface area contributed by atoms with Crippen LogP contribution >= 0.6 is 0 Å². The second kappa shape index (κ2) is 9.88. The number of phenolic OH excluding ortho intramolecular Hbond substituents is 1. The second-order valence-corrected chi connectivity index (χ2v) is 13.6. The Morgan fingerprint density at radius 3 is 2.66 bits per heavy atom. The first kappa shape index (κ1) is 26.6. The van der Waals surface area contributed by atoms with E-state index in [1.54, 1.807) is 0 Å². The third-order valence-electron chi connectivity index (χ3n) is 11.2. The Bertz CT molecular complexity index is 1740. The fraction of sp³-hybridized carbons (Fsp3) is 0.395. The molecule has 3 aromatic carbocycles. The molecule has 2 fully saturated rings. The molecule has 6 heteroatoms. The predicted molar refractivity (Wildman–Crippen MR) is 166 cm³/mol. The van der Waals surface area contributed by atoms with E-state index in [9.17, 15) is 9.50 Å². The van der Waals surface area contributed by atoms with Crippen molar-refractivity contribution in [2.24, 2.45) is 5.92 Å². The van der Waals surface area contributed by atoms with Crippen LogP contribution in [0.4, 0.5) is 4.39 Å². The smallest absolute Gasteiger partial charge is 0.166 e. The number of aromatic hydroxyl groups is 1. The molecular formula is C38H37FN2O3. The zero-order chi connectivity index (χ0) is 29.5. The lowest BCUT2D eigenvalue weighted by molar-refractivity contribution is -0.205. The van der Waals surface area contributed by atoms with Crippen LogP contribution in [-0.2, 0) is 29.4 Å². The molecule has 44 heavy (non-hydrogen) atoms. The quantitative estimate of drug-likeness (QED) is 0.226. The summed E-state index contributed by atoms with van der Waals surface area (Å²) in [6.45, 7) is 2.71. The van der Waals surface area contributed by atoms with Gasteiger partial charge in [-0.15, -0.1) is 0 Å². The van der Waals surface area contributed by atoms with Gasteiger partial charge in [0, 0.05) is 42.9 Å². The van der Waals surface area contributed by atoms with E-state index in [0.717, 1.165) is 79.1 Å². The molecule has 1 saturated heterocycles. The minimum atomic E-state index is -0.524. The van der Waals surface area contributed by atoms with Crippen molar-refractivity contribution in [3.05, 3.63) is 113 Å². The summed E-state index contributed by atoms with van der Waals surface area (Å²) in [6.07, 6.45) is 8.51. The minimum Gasteiger partial charge on any atom is -0.504 e. The highest BCUT2D eigenvalue weighted by molar-refractivity contribution is 5.67. The van der Waals surface area contributed by atoms with Crippen LogP contribution in [0.3, 0.4) is 0 Å². The zero-order valence-corrected chi connectivity index (χ0v) is 24.8. The van der Waals surface area contributed by atoms with Gasteiger partial charge in [0.05, 0.1) is 11.1 Å². The molecule has 3 heterocycles. The standard InChI is InChI=1S/C38H37FN2O3/c39-30-13-10-24(11-14-30)5-4-18-43-38-21-28-19-29(26-6-2-1-3-7-26)22-40-34(28)36-37(38)16-17-41(23-25-8-9-25)32(38)20-27-12-15-31(42)35(44-36)33(27)37/h1-3,6-7,10-15,19,22,25,32,36,42H,4-5,8-9,16-18,20-21,23H2/t32-,36+,37+,38-/m1/s1. The van der Waals surface area contributed by atoms with Crippen molar-refractivity contribution in [3.8, 4) is 22.6 Å². The van der Waals surface area contributed by atoms with Crippen LogP contribution in [0.15, 0.2) is 79.0 Å². The Balaban J connectivity index is 1.17. The molecule has 2 aliphatic heterocycles. The van der Waals surface area contributed by atoms with Crippen molar-refractivity contribution in [3.63, 3.8) is 0 Å². The molecule has 0 amide bonds. The first-order chi connectivity index (χ1) is 21.6. The van der Waals surface area contributed by atoms with Gasteiger partial charge in [-0.25, -0.2) is 4.39 Å². The number of likely N-dealkylation sites (tertiary alicyclic amines) is 1. The van der Waals surface area contributed by atoms with Gasteiger partial charge < -0.3 is 14.6 Å². The van der Waals surface area contributed by atoms with Crippen molar-refractivity contribution < 1.29 is 19.0 Å². The average molecular weight is 589 g/mol. The summed E-state index contributed by atoms with van der Waals surface area (Å²) in [7, 11) is 0. The number of hydrogen-bond donors (Lipinski definition) is 1. The molecule has 5 nitrogen and oxygen atoms in total. The van der Waals surface area contributed by atoms with Gasteiger partial charge in [0.25, 0.3) is 0 Å². The third kappa shape index (κ3) is 3.86. The Morgan fingerprint density at radius 1 is 1.00 bits per heavy atom. The molecule has 0 radical (unpaired) electrons. The molecule has 224 valence electrons. The predicted octanol–water partition coefficient (Wildman–Crippen LogP) is 6.95. The van der Waals surface area contributed by atoms with E-state index >= 15 is 0 Å². The highest BCUT2D eigenvalue weighted by atomic mass is 19.1. The van der Waals surface area contributed by atoms with Crippen LogP contribution in [0.25, 0.3) is 11.1 Å². The van der Waals surface area contributed by atoms with E-state index in [0.29, 0.717) is 12.4 Å². The molecule has 4 atom stereocenters. The summed E-state index contributed by atoms with van der Waals surface area (Å²) in [5, 5.41) is 11.1. The van der Waals surface area contributed by atoms with Gasteiger partial charge in [-0.05, 0) is 97.5 Å². The Hall–Kier alpha value is -3.74. The van der Waals surface area contributed by atoms with Crippen LogP contribution in [0.1, 0.15) is 59.7 Å². The Morgan fingerprint density at radius 2 is 1.84 bits per heavy atom. The largest absolute Gasteiger partial charge is 0.504 e. The van der Waals surface area contributed by atoms with E-state index in [4.69, 9.17) is 14.5 Å².